The zero-order valence-electron chi connectivity index (χ0n) is 17.2. The van der Waals surface area contributed by atoms with E-state index in [0.29, 0.717) is 18.7 Å². The number of hydrogen-bond donors (Lipinski definition) is 1. The molecule has 1 N–H and O–H groups in total. The molecule has 1 aliphatic heterocycles. The topological polar surface area (TPSA) is 101 Å². The lowest BCUT2D eigenvalue weighted by atomic mass is 10.1. The third-order valence-corrected chi connectivity index (χ3v) is 8.57. The maximum atomic E-state index is 12.9. The van der Waals surface area contributed by atoms with E-state index in [1.54, 1.807) is 12.1 Å². The van der Waals surface area contributed by atoms with Crippen molar-refractivity contribution in [2.75, 3.05) is 18.4 Å². The van der Waals surface area contributed by atoms with Crippen molar-refractivity contribution in [1.29, 1.82) is 0 Å². The highest BCUT2D eigenvalue weighted by atomic mass is 32.2. The predicted octanol–water partition coefficient (Wildman–Crippen LogP) is 3.43. The Morgan fingerprint density at radius 3 is 2.19 bits per heavy atom. The van der Waals surface area contributed by atoms with Gasteiger partial charge in [0.1, 0.15) is 0 Å². The lowest BCUT2D eigenvalue weighted by Crippen LogP contribution is -2.35. The van der Waals surface area contributed by atoms with Crippen LogP contribution in [0.2, 0.25) is 0 Å². The molecule has 2 aromatic rings. The van der Waals surface area contributed by atoms with Crippen LogP contribution in [-0.2, 0) is 31.1 Å². The van der Waals surface area contributed by atoms with E-state index in [1.807, 2.05) is 0 Å². The molecule has 0 bridgehead atoms. The molecule has 1 saturated heterocycles. The number of anilines is 1. The largest absolute Gasteiger partial charge is 0.341 e. The number of carbonyl (C=O) groups is 1. The number of para-hydroxylation sites is 1. The minimum Gasteiger partial charge on any atom is -0.325 e. The molecule has 0 saturated carbocycles. The fourth-order valence-corrected chi connectivity index (χ4v) is 5.87. The van der Waals surface area contributed by atoms with Gasteiger partial charge in [0.2, 0.25) is 25.8 Å². The van der Waals surface area contributed by atoms with Gasteiger partial charge in [0.25, 0.3) is 0 Å². The van der Waals surface area contributed by atoms with Crippen molar-refractivity contribution < 1.29 is 30.4 Å². The highest BCUT2D eigenvalue weighted by Gasteiger charge is 2.29. The van der Waals surface area contributed by atoms with Crippen LogP contribution in [0, 0.1) is 0 Å². The molecule has 0 atom stereocenters. The molecule has 1 heterocycles. The average Bonchev–Trinajstić information content (AvgIpc) is 2.78. The van der Waals surface area contributed by atoms with Crippen LogP contribution in [0.5, 0.6) is 0 Å². The second kappa shape index (κ2) is 10.1. The van der Waals surface area contributed by atoms with Crippen molar-refractivity contribution in [3.8, 4) is 0 Å². The molecule has 0 spiro atoms. The first-order valence-electron chi connectivity index (χ1n) is 10.1. The number of piperidine rings is 1. The molecule has 7 nitrogen and oxygen atoms in total. The van der Waals surface area contributed by atoms with Crippen molar-refractivity contribution in [3.05, 3.63) is 54.1 Å². The van der Waals surface area contributed by atoms with Gasteiger partial charge in [-0.05, 0) is 49.1 Å². The Balaban J connectivity index is 1.63. The minimum absolute atomic E-state index is 0.0404. The van der Waals surface area contributed by atoms with Gasteiger partial charge >= 0.3 is 5.76 Å². The fraction of sp³-hybridized carbons (Fsp3) is 0.381. The molecular weight excluding hydrogens is 462 g/mol. The lowest BCUT2D eigenvalue weighted by molar-refractivity contribution is -0.116. The van der Waals surface area contributed by atoms with E-state index in [4.69, 9.17) is 0 Å². The van der Waals surface area contributed by atoms with Gasteiger partial charge in [-0.25, -0.2) is 16.8 Å². The van der Waals surface area contributed by atoms with Gasteiger partial charge in [0, 0.05) is 19.5 Å². The van der Waals surface area contributed by atoms with Crippen molar-refractivity contribution in [2.24, 2.45) is 0 Å². The van der Waals surface area contributed by atoms with Crippen LogP contribution in [0.3, 0.4) is 0 Å². The number of sulfone groups is 1. The number of nitrogens with one attached hydrogen (secondary N) is 1. The molecule has 1 amide bonds. The maximum absolute atomic E-state index is 12.9. The molecular formula is C21H24F2N2O5S2. The molecule has 1 aliphatic rings. The summed E-state index contributed by atoms with van der Waals surface area (Å²) in [5.74, 6) is -4.15. The summed E-state index contributed by atoms with van der Waals surface area (Å²) >= 11 is 0. The predicted molar refractivity (Wildman–Crippen MR) is 116 cm³/mol. The first-order chi connectivity index (χ1) is 15.1. The first kappa shape index (κ1) is 24.3. The van der Waals surface area contributed by atoms with Crippen LogP contribution < -0.4 is 5.32 Å². The summed E-state index contributed by atoms with van der Waals surface area (Å²) in [6.45, 7) is 1.01. The van der Waals surface area contributed by atoms with E-state index in [1.165, 1.54) is 34.6 Å². The zero-order chi connectivity index (χ0) is 23.4. The summed E-state index contributed by atoms with van der Waals surface area (Å²) < 4.78 is 76.2. The number of amides is 1. The van der Waals surface area contributed by atoms with E-state index < -0.39 is 36.4 Å². The smallest absolute Gasteiger partial charge is 0.325 e. The molecule has 0 radical (unpaired) electrons. The van der Waals surface area contributed by atoms with Crippen LogP contribution in [0.1, 0.15) is 31.2 Å². The molecule has 2 aromatic carbocycles. The summed E-state index contributed by atoms with van der Waals surface area (Å²) in [4.78, 5) is 11.8. The SMILES string of the molecule is O=C(CCc1ccc(S(=O)(=O)N2CCCCC2)cc1)Nc1ccccc1S(=O)(=O)C(F)F. The standard InChI is InChI=1S/C21H24F2N2O5S2/c22-21(23)31(27,28)19-7-3-2-6-18(19)24-20(26)13-10-16-8-11-17(12-9-16)32(29,30)25-14-4-1-5-15-25/h2-3,6-9,11-12,21H,1,4-5,10,13-15H2,(H,24,26). The summed E-state index contributed by atoms with van der Waals surface area (Å²) in [6.07, 6.45) is 2.93. The number of sulfonamides is 1. The number of halogens is 2. The van der Waals surface area contributed by atoms with Gasteiger partial charge in [0.15, 0.2) is 0 Å². The molecule has 11 heteroatoms. The highest BCUT2D eigenvalue weighted by molar-refractivity contribution is 7.91. The minimum atomic E-state index is -4.86. The van der Waals surface area contributed by atoms with E-state index in [9.17, 15) is 30.4 Å². The van der Waals surface area contributed by atoms with Gasteiger partial charge in [-0.15, -0.1) is 0 Å². The third kappa shape index (κ3) is 5.51. The Bertz CT molecular complexity index is 1160. The summed E-state index contributed by atoms with van der Waals surface area (Å²) in [5.41, 5.74) is 0.506. The molecule has 32 heavy (non-hydrogen) atoms. The number of aryl methyl sites for hydroxylation is 1. The van der Waals surface area contributed by atoms with Crippen LogP contribution in [0.25, 0.3) is 0 Å². The summed E-state index contributed by atoms with van der Waals surface area (Å²) in [5, 5.41) is 2.37. The van der Waals surface area contributed by atoms with Crippen LogP contribution in [0.15, 0.2) is 58.3 Å². The number of nitrogens with zero attached hydrogens (tertiary/aromatic N) is 1. The monoisotopic (exact) mass is 486 g/mol. The lowest BCUT2D eigenvalue weighted by Gasteiger charge is -2.25. The second-order valence-corrected chi connectivity index (χ2v) is 11.3. The Hall–Kier alpha value is -2.37. The molecule has 0 unspecified atom stereocenters. The third-order valence-electron chi connectivity index (χ3n) is 5.22. The Morgan fingerprint density at radius 2 is 1.56 bits per heavy atom. The van der Waals surface area contributed by atoms with Gasteiger partial charge in [0.05, 0.1) is 15.5 Å². The summed E-state index contributed by atoms with van der Waals surface area (Å²) in [6, 6.07) is 11.2. The quantitative estimate of drug-likeness (QED) is 0.616. The normalized spacial score (nSPS) is 15.6. The number of alkyl halides is 2. The molecule has 3 rings (SSSR count). The molecule has 1 fully saturated rings. The van der Waals surface area contributed by atoms with Crippen LogP contribution >= 0.6 is 0 Å². The zero-order valence-corrected chi connectivity index (χ0v) is 18.8. The van der Waals surface area contributed by atoms with E-state index >= 15 is 0 Å². The molecule has 174 valence electrons. The first-order valence-corrected chi connectivity index (χ1v) is 13.1. The van der Waals surface area contributed by atoms with Crippen LogP contribution in [-0.4, -0.2) is 45.9 Å². The number of hydrogen-bond acceptors (Lipinski definition) is 5. The maximum Gasteiger partial charge on any atom is 0.341 e. The van der Waals surface area contributed by atoms with Gasteiger partial charge in [-0.1, -0.05) is 30.7 Å². The van der Waals surface area contributed by atoms with E-state index in [2.05, 4.69) is 5.32 Å². The fourth-order valence-electron chi connectivity index (χ4n) is 3.47. The highest BCUT2D eigenvalue weighted by Crippen LogP contribution is 2.26. The number of carbonyl (C=O) groups excluding carboxylic acids is 1. The molecule has 0 aromatic heterocycles. The van der Waals surface area contributed by atoms with Crippen molar-refractivity contribution in [3.63, 3.8) is 0 Å². The average molecular weight is 487 g/mol. The van der Waals surface area contributed by atoms with Gasteiger partial charge in [-0.2, -0.15) is 13.1 Å². The van der Waals surface area contributed by atoms with Crippen molar-refractivity contribution in [2.45, 2.75) is 47.7 Å². The van der Waals surface area contributed by atoms with E-state index in [0.717, 1.165) is 25.3 Å². The molecule has 0 aliphatic carbocycles. The second-order valence-electron chi connectivity index (χ2n) is 7.46. The Labute approximate surface area is 186 Å². The van der Waals surface area contributed by atoms with E-state index in [-0.39, 0.29) is 23.4 Å². The van der Waals surface area contributed by atoms with Gasteiger partial charge in [-0.3, -0.25) is 4.79 Å². The van der Waals surface area contributed by atoms with Crippen LogP contribution in [0.4, 0.5) is 14.5 Å². The Morgan fingerprint density at radius 1 is 0.938 bits per heavy atom. The summed E-state index contributed by atoms with van der Waals surface area (Å²) in [7, 11) is -8.40. The Kier molecular flexibility index (Phi) is 7.63. The van der Waals surface area contributed by atoms with Gasteiger partial charge < -0.3 is 5.32 Å². The van der Waals surface area contributed by atoms with Crippen molar-refractivity contribution >= 4 is 31.5 Å². The number of benzene rings is 2. The van der Waals surface area contributed by atoms with Crippen molar-refractivity contribution in [1.82, 2.24) is 4.31 Å². The number of rotatable bonds is 8.